The summed E-state index contributed by atoms with van der Waals surface area (Å²) in [6.07, 6.45) is 2.14. The molecule has 0 fully saturated rings. The van der Waals surface area contributed by atoms with Crippen molar-refractivity contribution in [2.75, 3.05) is 21.3 Å². The van der Waals surface area contributed by atoms with E-state index < -0.39 is 0 Å². The maximum absolute atomic E-state index is 5.51. The summed E-state index contributed by atoms with van der Waals surface area (Å²) in [7, 11) is 7.12. The van der Waals surface area contributed by atoms with Crippen molar-refractivity contribution in [2.45, 2.75) is 6.92 Å². The molecule has 4 aromatic rings. The Morgan fingerprint density at radius 1 is 0.704 bits per heavy atom. The van der Waals surface area contributed by atoms with Gasteiger partial charge in [0.15, 0.2) is 17.7 Å². The highest BCUT2D eigenvalue weighted by atomic mass is 35.5. The van der Waals surface area contributed by atoms with Crippen LogP contribution in [0, 0.1) is 6.92 Å². The molecule has 0 saturated heterocycles. The first-order chi connectivity index (χ1) is 12.6. The molecule has 140 valence electrons. The van der Waals surface area contributed by atoms with Crippen LogP contribution in [-0.4, -0.2) is 21.3 Å². The topological polar surface area (TPSA) is 31.6 Å². The zero-order valence-electron chi connectivity index (χ0n) is 16.1. The van der Waals surface area contributed by atoms with Gasteiger partial charge in [-0.3, -0.25) is 0 Å². The molecule has 0 bridgehead atoms. The second kappa shape index (κ2) is 7.12. The normalized spacial score (nSPS) is 10.9. The van der Waals surface area contributed by atoms with E-state index in [-0.39, 0.29) is 12.4 Å². The van der Waals surface area contributed by atoms with Gasteiger partial charge in [0.1, 0.15) is 12.8 Å². The number of nitrogens with zero attached hydrogens (tertiary/aromatic N) is 1. The Morgan fingerprint density at radius 2 is 1.33 bits per heavy atom. The number of hydrogen-bond donors (Lipinski definition) is 0. The van der Waals surface area contributed by atoms with Crippen LogP contribution in [0.1, 0.15) is 5.56 Å². The molecule has 4 nitrogen and oxygen atoms in total. The monoisotopic (exact) mass is 383 g/mol. The van der Waals surface area contributed by atoms with Gasteiger partial charge in [0.25, 0.3) is 0 Å². The molecule has 4 rings (SSSR count). The van der Waals surface area contributed by atoms with Gasteiger partial charge in [0, 0.05) is 5.39 Å². The lowest BCUT2D eigenvalue weighted by atomic mass is 9.99. The molecular formula is C22H22ClNO3. The summed E-state index contributed by atoms with van der Waals surface area (Å²) < 4.78 is 18.6. The van der Waals surface area contributed by atoms with Gasteiger partial charge in [0.2, 0.25) is 5.52 Å². The Kier molecular flexibility index (Phi) is 5.03. The lowest BCUT2D eigenvalue weighted by Gasteiger charge is -2.12. The van der Waals surface area contributed by atoms with E-state index in [4.69, 9.17) is 14.2 Å². The summed E-state index contributed by atoms with van der Waals surface area (Å²) in [6.45, 7) is 2.08. The molecular weight excluding hydrogens is 362 g/mol. The zero-order chi connectivity index (χ0) is 18.4. The Morgan fingerprint density at radius 3 is 2.00 bits per heavy atom. The predicted octanol–water partition coefficient (Wildman–Crippen LogP) is 1.31. The molecule has 0 atom stereocenters. The second-order valence-corrected chi connectivity index (χ2v) is 6.54. The van der Waals surface area contributed by atoms with Crippen LogP contribution in [0.5, 0.6) is 17.2 Å². The van der Waals surface area contributed by atoms with E-state index in [1.807, 2.05) is 6.07 Å². The number of aromatic nitrogens is 1. The quantitative estimate of drug-likeness (QED) is 0.395. The standard InChI is InChI=1S/C22H22NO3.ClH/c1-13-8-18-14(9-19(13)24-3)6-7-16-17-11-21(26-5)20(25-4)10-15(17)12-23(2)22(16)18;/h6-12H,1-5H3;1H/q+1;/p-1. The van der Waals surface area contributed by atoms with E-state index in [0.29, 0.717) is 0 Å². The van der Waals surface area contributed by atoms with Crippen molar-refractivity contribution in [3.63, 3.8) is 0 Å². The van der Waals surface area contributed by atoms with Crippen LogP contribution in [0.3, 0.4) is 0 Å². The van der Waals surface area contributed by atoms with Gasteiger partial charge < -0.3 is 26.6 Å². The van der Waals surface area contributed by atoms with Gasteiger partial charge in [-0.15, -0.1) is 0 Å². The van der Waals surface area contributed by atoms with Crippen molar-refractivity contribution in [3.05, 3.63) is 48.2 Å². The third-order valence-corrected chi connectivity index (χ3v) is 5.04. The summed E-state index contributed by atoms with van der Waals surface area (Å²) in [5, 5.41) is 5.81. The minimum atomic E-state index is 0. The number of methoxy groups -OCH3 is 3. The molecule has 0 saturated carbocycles. The number of benzene rings is 3. The number of ether oxygens (including phenoxy) is 3. The molecule has 0 aliphatic heterocycles. The van der Waals surface area contributed by atoms with Crippen molar-refractivity contribution in [1.29, 1.82) is 0 Å². The highest BCUT2D eigenvalue weighted by molar-refractivity contribution is 6.14. The molecule has 27 heavy (non-hydrogen) atoms. The minimum Gasteiger partial charge on any atom is -1.00 e. The predicted molar refractivity (Wildman–Crippen MR) is 105 cm³/mol. The number of halogens is 1. The van der Waals surface area contributed by atoms with E-state index in [1.165, 1.54) is 16.3 Å². The molecule has 0 N–H and O–H groups in total. The van der Waals surface area contributed by atoms with Crippen LogP contribution >= 0.6 is 0 Å². The number of hydrogen-bond acceptors (Lipinski definition) is 3. The molecule has 0 amide bonds. The van der Waals surface area contributed by atoms with Gasteiger partial charge in [-0.2, -0.15) is 4.57 Å². The fraction of sp³-hybridized carbons (Fsp3) is 0.227. The van der Waals surface area contributed by atoms with Crippen molar-refractivity contribution < 1.29 is 31.2 Å². The van der Waals surface area contributed by atoms with Crippen LogP contribution < -0.4 is 31.2 Å². The Bertz CT molecular complexity index is 1170. The summed E-state index contributed by atoms with van der Waals surface area (Å²) in [4.78, 5) is 0. The lowest BCUT2D eigenvalue weighted by Crippen LogP contribution is -3.00. The van der Waals surface area contributed by atoms with Gasteiger partial charge in [-0.1, -0.05) is 6.07 Å². The lowest BCUT2D eigenvalue weighted by molar-refractivity contribution is -0.642. The van der Waals surface area contributed by atoms with Gasteiger partial charge >= 0.3 is 0 Å². The number of fused-ring (bicyclic) bond motifs is 5. The van der Waals surface area contributed by atoms with E-state index in [2.05, 4.69) is 55.1 Å². The Balaban J connectivity index is 0.00000210. The van der Waals surface area contributed by atoms with Crippen LogP contribution in [-0.2, 0) is 7.05 Å². The summed E-state index contributed by atoms with van der Waals surface area (Å²) in [5.74, 6) is 2.38. The fourth-order valence-electron chi connectivity index (χ4n) is 3.77. The summed E-state index contributed by atoms with van der Waals surface area (Å²) in [6, 6.07) is 12.7. The third kappa shape index (κ3) is 2.90. The van der Waals surface area contributed by atoms with E-state index in [9.17, 15) is 0 Å². The van der Waals surface area contributed by atoms with Crippen molar-refractivity contribution in [3.8, 4) is 17.2 Å². The van der Waals surface area contributed by atoms with E-state index in [1.54, 1.807) is 21.3 Å². The minimum absolute atomic E-state index is 0. The van der Waals surface area contributed by atoms with Crippen LogP contribution in [0.4, 0.5) is 0 Å². The smallest absolute Gasteiger partial charge is 0.220 e. The molecule has 5 heteroatoms. The largest absolute Gasteiger partial charge is 1.00 e. The first kappa shape index (κ1) is 19.1. The molecule has 3 aromatic carbocycles. The molecule has 0 radical (unpaired) electrons. The second-order valence-electron chi connectivity index (χ2n) is 6.54. The SMILES string of the molecule is COc1cc2ccc3c4cc(OC)c(OC)cc4c[n+](C)c3c2cc1C.[Cl-]. The fourth-order valence-corrected chi connectivity index (χ4v) is 3.77. The molecule has 0 aliphatic rings. The van der Waals surface area contributed by atoms with Gasteiger partial charge in [-0.05, 0) is 48.2 Å². The number of aryl methyl sites for hydroxylation is 2. The first-order valence-corrected chi connectivity index (χ1v) is 8.52. The number of pyridine rings is 1. The highest BCUT2D eigenvalue weighted by Crippen LogP contribution is 2.37. The Labute approximate surface area is 164 Å². The molecule has 1 heterocycles. The van der Waals surface area contributed by atoms with Crippen LogP contribution in [0.25, 0.3) is 32.4 Å². The van der Waals surface area contributed by atoms with E-state index in [0.717, 1.165) is 39.0 Å². The maximum Gasteiger partial charge on any atom is 0.220 e. The zero-order valence-corrected chi connectivity index (χ0v) is 16.8. The van der Waals surface area contributed by atoms with Crippen molar-refractivity contribution in [2.24, 2.45) is 7.05 Å². The first-order valence-electron chi connectivity index (χ1n) is 8.52. The van der Waals surface area contributed by atoms with Gasteiger partial charge in [-0.25, -0.2) is 0 Å². The maximum atomic E-state index is 5.51. The molecule has 0 aliphatic carbocycles. The van der Waals surface area contributed by atoms with Gasteiger partial charge in [0.05, 0.1) is 37.5 Å². The summed E-state index contributed by atoms with van der Waals surface area (Å²) in [5.41, 5.74) is 2.31. The molecule has 0 unspecified atom stereocenters. The summed E-state index contributed by atoms with van der Waals surface area (Å²) >= 11 is 0. The third-order valence-electron chi connectivity index (χ3n) is 5.04. The van der Waals surface area contributed by atoms with Crippen LogP contribution in [0.15, 0.2) is 42.6 Å². The van der Waals surface area contributed by atoms with E-state index >= 15 is 0 Å². The van der Waals surface area contributed by atoms with Crippen molar-refractivity contribution in [1.82, 2.24) is 0 Å². The average molecular weight is 384 g/mol. The Hall–Kier alpha value is -2.72. The number of rotatable bonds is 3. The molecule has 1 aromatic heterocycles. The highest BCUT2D eigenvalue weighted by Gasteiger charge is 2.18. The molecule has 0 spiro atoms. The van der Waals surface area contributed by atoms with Crippen LogP contribution in [0.2, 0.25) is 0 Å². The van der Waals surface area contributed by atoms with Crippen molar-refractivity contribution >= 4 is 32.4 Å². The average Bonchev–Trinajstić information content (AvgIpc) is 2.65.